The fraction of sp³-hybridized carbons (Fsp3) is 0.0938. The van der Waals surface area contributed by atoms with E-state index in [1.54, 1.807) is 11.3 Å². The van der Waals surface area contributed by atoms with Crippen molar-refractivity contribution in [1.82, 2.24) is 30.5 Å². The Balaban J connectivity index is 1.20. The molecule has 0 unspecified atom stereocenters. The molecule has 0 aliphatic carbocycles. The topological polar surface area (TPSA) is 82.3 Å². The molecule has 5 heterocycles. The maximum absolute atomic E-state index is 4.68. The molecule has 7 rings (SSSR count). The molecule has 0 radical (unpaired) electrons. The Bertz CT molecular complexity index is 1910. The predicted molar refractivity (Wildman–Crippen MR) is 159 cm³/mol. The lowest BCUT2D eigenvalue weighted by Gasteiger charge is -2.08. The van der Waals surface area contributed by atoms with E-state index in [1.807, 2.05) is 24.7 Å². The van der Waals surface area contributed by atoms with Gasteiger partial charge < -0.3 is 10.3 Å². The van der Waals surface area contributed by atoms with Gasteiger partial charge in [0.05, 0.1) is 11.2 Å². The van der Waals surface area contributed by atoms with Crippen molar-refractivity contribution >= 4 is 33.3 Å². The lowest BCUT2D eigenvalue weighted by molar-refractivity contribution is 0.691. The second kappa shape index (κ2) is 9.94. The number of pyridine rings is 2. The number of hydrogen-bond acceptors (Lipinski definition) is 5. The van der Waals surface area contributed by atoms with Crippen LogP contribution in [-0.4, -0.2) is 25.1 Å². The molecule has 0 atom stereocenters. The number of hydrogen-bond donors (Lipinski definition) is 3. The molecule has 3 N–H and O–H groups in total. The van der Waals surface area contributed by atoms with E-state index in [2.05, 4.69) is 110 Å². The first-order valence-electron chi connectivity index (χ1n) is 12.9. The van der Waals surface area contributed by atoms with Crippen LogP contribution in [-0.2, 0) is 13.1 Å². The van der Waals surface area contributed by atoms with Crippen LogP contribution >= 0.6 is 11.3 Å². The third kappa shape index (κ3) is 4.63. The number of thiophene rings is 1. The fourth-order valence-electron chi connectivity index (χ4n) is 5.04. The van der Waals surface area contributed by atoms with Crippen molar-refractivity contribution in [3.05, 3.63) is 113 Å². The largest absolute Gasteiger partial charge is 0.338 e. The van der Waals surface area contributed by atoms with Gasteiger partial charge in [-0.25, -0.2) is 4.98 Å². The molecule has 190 valence electrons. The van der Waals surface area contributed by atoms with E-state index in [4.69, 9.17) is 0 Å². The zero-order valence-electron chi connectivity index (χ0n) is 21.4. The minimum Gasteiger partial charge on any atom is -0.338 e. The summed E-state index contributed by atoms with van der Waals surface area (Å²) in [6, 6.07) is 27.6. The highest BCUT2D eigenvalue weighted by atomic mass is 32.1. The van der Waals surface area contributed by atoms with Gasteiger partial charge >= 0.3 is 0 Å². The van der Waals surface area contributed by atoms with E-state index >= 15 is 0 Å². The first-order valence-corrected chi connectivity index (χ1v) is 13.7. The van der Waals surface area contributed by atoms with Gasteiger partial charge in [0.15, 0.2) is 0 Å². The molecule has 0 saturated heterocycles. The molecule has 0 bridgehead atoms. The van der Waals surface area contributed by atoms with Crippen LogP contribution in [0.1, 0.15) is 16.0 Å². The Labute approximate surface area is 229 Å². The lowest BCUT2D eigenvalue weighted by atomic mass is 10.0. The Morgan fingerprint density at radius 1 is 0.821 bits per heavy atom. The van der Waals surface area contributed by atoms with Gasteiger partial charge in [0.1, 0.15) is 11.3 Å². The van der Waals surface area contributed by atoms with Gasteiger partial charge in [-0.2, -0.15) is 5.10 Å². The SMILES string of the molecule is Cc1ccc(-c2ccnc3[nH]c(-c4n[nH]c5ccc(-c6cncc(CNCc7ccccc7)c6)cc45)cc23)s1. The van der Waals surface area contributed by atoms with Crippen LogP contribution in [0, 0.1) is 6.92 Å². The van der Waals surface area contributed by atoms with Crippen molar-refractivity contribution in [3.8, 4) is 33.0 Å². The monoisotopic (exact) mass is 526 g/mol. The molecule has 6 nitrogen and oxygen atoms in total. The zero-order chi connectivity index (χ0) is 26.2. The molecule has 0 amide bonds. The summed E-state index contributed by atoms with van der Waals surface area (Å²) in [4.78, 5) is 15.2. The average molecular weight is 527 g/mol. The summed E-state index contributed by atoms with van der Waals surface area (Å²) < 4.78 is 0. The molecule has 39 heavy (non-hydrogen) atoms. The molecule has 0 fully saturated rings. The summed E-state index contributed by atoms with van der Waals surface area (Å²) >= 11 is 1.80. The molecule has 0 aliphatic heterocycles. The van der Waals surface area contributed by atoms with Gasteiger partial charge in [-0.05, 0) is 66.1 Å². The molecule has 5 aromatic heterocycles. The molecule has 7 heteroatoms. The standard InChI is InChI=1S/C32H26N6S/c1-20-7-10-30(39-20)25-11-12-35-32-26(25)15-29(36-32)31-27-14-23(8-9-28(27)37-38-31)24-13-22(18-34-19-24)17-33-16-21-5-3-2-4-6-21/h2-15,18-19,33H,16-17H2,1H3,(H,35,36)(H,37,38). The van der Waals surface area contributed by atoms with Crippen molar-refractivity contribution in [2.24, 2.45) is 0 Å². The van der Waals surface area contributed by atoms with E-state index in [0.717, 1.165) is 63.1 Å². The number of aryl methyl sites for hydroxylation is 1. The minimum atomic E-state index is 0.753. The first-order chi connectivity index (χ1) is 19.2. The number of fused-ring (bicyclic) bond motifs is 2. The number of aromatic amines is 2. The van der Waals surface area contributed by atoms with Crippen LogP contribution in [0.25, 0.3) is 54.9 Å². The Morgan fingerprint density at radius 2 is 1.72 bits per heavy atom. The molecular formula is C32H26N6S. The highest BCUT2D eigenvalue weighted by molar-refractivity contribution is 7.15. The van der Waals surface area contributed by atoms with E-state index < -0.39 is 0 Å². The number of rotatable bonds is 7. The van der Waals surface area contributed by atoms with Gasteiger partial charge in [-0.15, -0.1) is 11.3 Å². The van der Waals surface area contributed by atoms with Crippen LogP contribution in [0.15, 0.2) is 97.5 Å². The number of nitrogens with zero attached hydrogens (tertiary/aromatic N) is 3. The second-order valence-corrected chi connectivity index (χ2v) is 11.0. The average Bonchev–Trinajstić information content (AvgIpc) is 3.71. The molecule has 7 aromatic rings. The first kappa shape index (κ1) is 23.5. The van der Waals surface area contributed by atoms with Crippen molar-refractivity contribution in [1.29, 1.82) is 0 Å². The lowest BCUT2D eigenvalue weighted by Crippen LogP contribution is -2.12. The highest BCUT2D eigenvalue weighted by Crippen LogP contribution is 2.36. The van der Waals surface area contributed by atoms with Crippen LogP contribution < -0.4 is 5.32 Å². The summed E-state index contributed by atoms with van der Waals surface area (Å²) in [5.41, 5.74) is 9.46. The van der Waals surface area contributed by atoms with Gasteiger partial charge in [0, 0.05) is 63.3 Å². The number of H-pyrrole nitrogens is 2. The van der Waals surface area contributed by atoms with Crippen LogP contribution in [0.4, 0.5) is 0 Å². The Morgan fingerprint density at radius 3 is 2.59 bits per heavy atom. The van der Waals surface area contributed by atoms with Gasteiger partial charge in [0.25, 0.3) is 0 Å². The number of aromatic nitrogens is 5. The zero-order valence-corrected chi connectivity index (χ0v) is 22.2. The second-order valence-electron chi connectivity index (χ2n) is 9.72. The highest BCUT2D eigenvalue weighted by Gasteiger charge is 2.15. The van der Waals surface area contributed by atoms with Crippen LogP contribution in [0.5, 0.6) is 0 Å². The van der Waals surface area contributed by atoms with E-state index in [-0.39, 0.29) is 0 Å². The molecule has 0 aliphatic rings. The summed E-state index contributed by atoms with van der Waals surface area (Å²) in [6.45, 7) is 3.71. The van der Waals surface area contributed by atoms with Crippen molar-refractivity contribution in [2.45, 2.75) is 20.0 Å². The normalized spacial score (nSPS) is 11.5. The van der Waals surface area contributed by atoms with E-state index in [1.165, 1.54) is 20.9 Å². The smallest absolute Gasteiger partial charge is 0.138 e. The number of nitrogens with one attached hydrogen (secondary N) is 3. The van der Waals surface area contributed by atoms with Gasteiger partial charge in [0.2, 0.25) is 0 Å². The van der Waals surface area contributed by atoms with Crippen molar-refractivity contribution in [3.63, 3.8) is 0 Å². The molecule has 2 aromatic carbocycles. The maximum Gasteiger partial charge on any atom is 0.138 e. The van der Waals surface area contributed by atoms with E-state index in [0.29, 0.717) is 0 Å². The predicted octanol–water partition coefficient (Wildman–Crippen LogP) is 7.49. The quantitative estimate of drug-likeness (QED) is 0.201. The molecule has 0 spiro atoms. The van der Waals surface area contributed by atoms with Crippen LogP contribution in [0.2, 0.25) is 0 Å². The third-order valence-corrected chi connectivity index (χ3v) is 8.02. The Kier molecular flexibility index (Phi) is 6.00. The van der Waals surface area contributed by atoms with Crippen molar-refractivity contribution in [2.75, 3.05) is 0 Å². The maximum atomic E-state index is 4.68. The summed E-state index contributed by atoms with van der Waals surface area (Å²) in [5, 5.41) is 13.6. The van der Waals surface area contributed by atoms with E-state index in [9.17, 15) is 0 Å². The van der Waals surface area contributed by atoms with Crippen molar-refractivity contribution < 1.29 is 0 Å². The number of benzene rings is 2. The molecule has 0 saturated carbocycles. The summed E-state index contributed by atoms with van der Waals surface area (Å²) in [7, 11) is 0. The summed E-state index contributed by atoms with van der Waals surface area (Å²) in [5.74, 6) is 0. The van der Waals surface area contributed by atoms with Gasteiger partial charge in [-0.1, -0.05) is 36.4 Å². The molecular weight excluding hydrogens is 500 g/mol. The third-order valence-electron chi connectivity index (χ3n) is 6.98. The fourth-order valence-corrected chi connectivity index (χ4v) is 5.94. The minimum absolute atomic E-state index is 0.753. The van der Waals surface area contributed by atoms with Crippen LogP contribution in [0.3, 0.4) is 0 Å². The van der Waals surface area contributed by atoms with Gasteiger partial charge in [-0.3, -0.25) is 10.1 Å². The summed E-state index contributed by atoms with van der Waals surface area (Å²) in [6.07, 6.45) is 5.71. The Hall–Kier alpha value is -4.59.